The van der Waals surface area contributed by atoms with Gasteiger partial charge in [-0.25, -0.2) is 0 Å². The molecule has 1 N–H and O–H groups in total. The maximum atomic E-state index is 12.0. The van der Waals surface area contributed by atoms with Gasteiger partial charge in [-0.2, -0.15) is 0 Å². The van der Waals surface area contributed by atoms with Crippen molar-refractivity contribution in [2.75, 3.05) is 14.2 Å². The fourth-order valence-electron chi connectivity index (χ4n) is 2.72. The van der Waals surface area contributed by atoms with E-state index in [2.05, 4.69) is 6.92 Å². The molecule has 22 heavy (non-hydrogen) atoms. The Morgan fingerprint density at radius 2 is 1.77 bits per heavy atom. The van der Waals surface area contributed by atoms with Crippen LogP contribution in [-0.2, 0) is 6.42 Å². The Bertz CT molecular complexity index is 704. The number of ether oxygens (including phenoxy) is 2. The average Bonchev–Trinajstić information content (AvgIpc) is 2.51. The second kappa shape index (κ2) is 6.69. The number of aromatic hydroxyl groups is 1. The van der Waals surface area contributed by atoms with E-state index in [0.29, 0.717) is 22.4 Å². The van der Waals surface area contributed by atoms with E-state index in [1.165, 1.54) is 6.92 Å². The van der Waals surface area contributed by atoms with Crippen LogP contribution in [0.5, 0.6) is 17.2 Å². The fraction of sp³-hybridized carbons (Fsp3) is 0.389. The maximum absolute atomic E-state index is 12.0. The van der Waals surface area contributed by atoms with Crippen LogP contribution in [0.3, 0.4) is 0 Å². The molecule has 0 spiro atoms. The Morgan fingerprint density at radius 3 is 2.32 bits per heavy atom. The van der Waals surface area contributed by atoms with Crippen LogP contribution in [0, 0.1) is 0 Å². The molecule has 0 aliphatic heterocycles. The van der Waals surface area contributed by atoms with Crippen molar-refractivity contribution in [2.24, 2.45) is 0 Å². The lowest BCUT2D eigenvalue weighted by molar-refractivity contribution is 0.101. The number of rotatable bonds is 6. The number of carbonyl (C=O) groups is 1. The number of methoxy groups -OCH3 is 2. The summed E-state index contributed by atoms with van der Waals surface area (Å²) in [7, 11) is 3.12. The molecule has 0 heterocycles. The summed E-state index contributed by atoms with van der Waals surface area (Å²) in [5.74, 6) is 1.03. The van der Waals surface area contributed by atoms with Crippen molar-refractivity contribution in [1.82, 2.24) is 0 Å². The van der Waals surface area contributed by atoms with Gasteiger partial charge >= 0.3 is 0 Å². The van der Waals surface area contributed by atoms with Gasteiger partial charge in [-0.05, 0) is 42.8 Å². The smallest absolute Gasteiger partial charge is 0.163 e. The quantitative estimate of drug-likeness (QED) is 0.816. The zero-order valence-corrected chi connectivity index (χ0v) is 13.5. The molecule has 0 unspecified atom stereocenters. The Hall–Kier alpha value is -2.23. The molecule has 0 fully saturated rings. The lowest BCUT2D eigenvalue weighted by Gasteiger charge is -2.15. The molecule has 4 nitrogen and oxygen atoms in total. The van der Waals surface area contributed by atoms with Gasteiger partial charge in [0.15, 0.2) is 17.3 Å². The predicted octanol–water partition coefficient (Wildman–Crippen LogP) is 4.11. The SMILES string of the molecule is CCCCc1cc2cc(OC)c(OC)cc2c(O)c1C(C)=O. The summed E-state index contributed by atoms with van der Waals surface area (Å²) < 4.78 is 10.6. The van der Waals surface area contributed by atoms with Crippen molar-refractivity contribution >= 4 is 16.6 Å². The number of phenolic OH excluding ortho intramolecular Hbond substituents is 1. The van der Waals surface area contributed by atoms with E-state index >= 15 is 0 Å². The molecule has 2 rings (SSSR count). The highest BCUT2D eigenvalue weighted by molar-refractivity contribution is 6.05. The van der Waals surface area contributed by atoms with Crippen LogP contribution in [0.4, 0.5) is 0 Å². The van der Waals surface area contributed by atoms with Crippen molar-refractivity contribution < 1.29 is 19.4 Å². The summed E-state index contributed by atoms with van der Waals surface area (Å²) in [4.78, 5) is 12.0. The highest BCUT2D eigenvalue weighted by Crippen LogP contribution is 2.39. The van der Waals surface area contributed by atoms with E-state index < -0.39 is 0 Å². The van der Waals surface area contributed by atoms with Gasteiger partial charge in [0.05, 0.1) is 19.8 Å². The van der Waals surface area contributed by atoms with Crippen LogP contribution in [0.15, 0.2) is 18.2 Å². The van der Waals surface area contributed by atoms with Crippen molar-refractivity contribution in [2.45, 2.75) is 33.1 Å². The van der Waals surface area contributed by atoms with Gasteiger partial charge in [0.2, 0.25) is 0 Å². The standard InChI is InChI=1S/C18H22O4/c1-5-6-7-12-8-13-9-15(21-3)16(22-4)10-14(13)18(20)17(12)11(2)19/h8-10,20H,5-7H2,1-4H3. The molecule has 0 amide bonds. The minimum atomic E-state index is -0.125. The molecule has 0 atom stereocenters. The van der Waals surface area contributed by atoms with E-state index in [1.54, 1.807) is 20.3 Å². The number of hydrogen-bond acceptors (Lipinski definition) is 4. The van der Waals surface area contributed by atoms with Crippen molar-refractivity contribution in [3.05, 3.63) is 29.3 Å². The van der Waals surface area contributed by atoms with Crippen LogP contribution in [-0.4, -0.2) is 25.1 Å². The molecule has 0 saturated carbocycles. The Balaban J connectivity index is 2.75. The first-order chi connectivity index (χ1) is 10.5. The van der Waals surface area contributed by atoms with Gasteiger partial charge in [-0.15, -0.1) is 0 Å². The number of carbonyl (C=O) groups excluding carboxylic acids is 1. The van der Waals surface area contributed by atoms with Gasteiger partial charge in [0.1, 0.15) is 5.75 Å². The minimum Gasteiger partial charge on any atom is -0.507 e. The van der Waals surface area contributed by atoms with Gasteiger partial charge in [0, 0.05) is 5.39 Å². The molecular formula is C18H22O4. The third-order valence-corrected chi connectivity index (χ3v) is 3.85. The van der Waals surface area contributed by atoms with Crippen LogP contribution in [0.2, 0.25) is 0 Å². The molecular weight excluding hydrogens is 280 g/mol. The first kappa shape index (κ1) is 16.1. The lowest BCUT2D eigenvalue weighted by Crippen LogP contribution is -2.02. The fourth-order valence-corrected chi connectivity index (χ4v) is 2.72. The molecule has 0 aliphatic rings. The first-order valence-electron chi connectivity index (χ1n) is 7.45. The van der Waals surface area contributed by atoms with Crippen LogP contribution >= 0.6 is 0 Å². The number of hydrogen-bond donors (Lipinski definition) is 1. The van der Waals surface area contributed by atoms with Gasteiger partial charge in [0.25, 0.3) is 0 Å². The largest absolute Gasteiger partial charge is 0.507 e. The van der Waals surface area contributed by atoms with Crippen molar-refractivity contribution in [3.63, 3.8) is 0 Å². The summed E-state index contributed by atoms with van der Waals surface area (Å²) in [5, 5.41) is 12.0. The predicted molar refractivity (Wildman–Crippen MR) is 87.3 cm³/mol. The lowest BCUT2D eigenvalue weighted by atomic mass is 9.93. The van der Waals surface area contributed by atoms with Crippen LogP contribution in [0.25, 0.3) is 10.8 Å². The van der Waals surface area contributed by atoms with Crippen molar-refractivity contribution in [3.8, 4) is 17.2 Å². The van der Waals surface area contributed by atoms with Crippen molar-refractivity contribution in [1.29, 1.82) is 0 Å². The molecule has 0 saturated heterocycles. The van der Waals surface area contributed by atoms with Crippen LogP contribution < -0.4 is 9.47 Å². The van der Waals surface area contributed by atoms with Gasteiger partial charge in [-0.3, -0.25) is 4.79 Å². The molecule has 0 aromatic heterocycles. The summed E-state index contributed by atoms with van der Waals surface area (Å²) in [6.07, 6.45) is 2.77. The number of phenols is 1. The van der Waals surface area contributed by atoms with E-state index in [0.717, 1.165) is 30.2 Å². The monoisotopic (exact) mass is 302 g/mol. The number of aryl methyl sites for hydroxylation is 1. The summed E-state index contributed by atoms with van der Waals surface area (Å²) in [5.41, 5.74) is 1.29. The number of benzene rings is 2. The summed E-state index contributed by atoms with van der Waals surface area (Å²) >= 11 is 0. The second-order valence-electron chi connectivity index (χ2n) is 5.35. The topological polar surface area (TPSA) is 55.8 Å². The number of ketones is 1. The molecule has 2 aromatic rings. The zero-order valence-electron chi connectivity index (χ0n) is 13.5. The molecule has 0 radical (unpaired) electrons. The normalized spacial score (nSPS) is 10.7. The molecule has 4 heteroatoms. The Morgan fingerprint density at radius 1 is 1.14 bits per heavy atom. The van der Waals surface area contributed by atoms with Crippen LogP contribution in [0.1, 0.15) is 42.6 Å². The van der Waals surface area contributed by atoms with Gasteiger partial charge in [-0.1, -0.05) is 19.4 Å². The Kier molecular flexibility index (Phi) is 4.91. The Labute approximate surface area is 130 Å². The third-order valence-electron chi connectivity index (χ3n) is 3.85. The third kappa shape index (κ3) is 2.86. The summed E-state index contributed by atoms with van der Waals surface area (Å²) in [6.45, 7) is 3.58. The van der Waals surface area contributed by atoms with E-state index in [1.807, 2.05) is 12.1 Å². The van der Waals surface area contributed by atoms with E-state index in [9.17, 15) is 9.90 Å². The molecule has 2 aromatic carbocycles. The average molecular weight is 302 g/mol. The number of unbranched alkanes of at least 4 members (excludes halogenated alkanes) is 1. The maximum Gasteiger partial charge on any atom is 0.163 e. The zero-order chi connectivity index (χ0) is 16.3. The number of Topliss-reactive ketones (excluding diaryl/α,β-unsaturated/α-hetero) is 1. The molecule has 0 bridgehead atoms. The number of fused-ring (bicyclic) bond motifs is 1. The van der Waals surface area contributed by atoms with E-state index in [-0.39, 0.29) is 11.5 Å². The highest BCUT2D eigenvalue weighted by atomic mass is 16.5. The van der Waals surface area contributed by atoms with E-state index in [4.69, 9.17) is 9.47 Å². The first-order valence-corrected chi connectivity index (χ1v) is 7.45. The van der Waals surface area contributed by atoms with Gasteiger partial charge < -0.3 is 14.6 Å². The minimum absolute atomic E-state index is 0.0251. The molecule has 0 aliphatic carbocycles. The molecule has 118 valence electrons. The second-order valence-corrected chi connectivity index (χ2v) is 5.35. The highest BCUT2D eigenvalue weighted by Gasteiger charge is 2.18. The summed E-state index contributed by atoms with van der Waals surface area (Å²) in [6, 6.07) is 5.50.